The summed E-state index contributed by atoms with van der Waals surface area (Å²) in [4.78, 5) is 15.1. The molecule has 2 aromatic carbocycles. The minimum absolute atomic E-state index is 0.0655. The van der Waals surface area contributed by atoms with Crippen LogP contribution >= 0.6 is 11.6 Å². The van der Waals surface area contributed by atoms with Crippen molar-refractivity contribution in [3.8, 4) is 6.07 Å². The first-order chi connectivity index (χ1) is 13.1. The van der Waals surface area contributed by atoms with Crippen LogP contribution in [0, 0.1) is 11.3 Å². The van der Waals surface area contributed by atoms with Crippen molar-refractivity contribution in [3.63, 3.8) is 0 Å². The van der Waals surface area contributed by atoms with Gasteiger partial charge < -0.3 is 4.57 Å². The van der Waals surface area contributed by atoms with Crippen LogP contribution in [0.15, 0.2) is 65.6 Å². The quantitative estimate of drug-likeness (QED) is 0.694. The Hall–Kier alpha value is -2.87. The molecule has 5 heteroatoms. The van der Waals surface area contributed by atoms with Crippen LogP contribution < -0.4 is 5.56 Å². The van der Waals surface area contributed by atoms with Crippen LogP contribution in [0.2, 0.25) is 5.02 Å². The number of hydrogen-bond donors (Lipinski definition) is 0. The maximum atomic E-state index is 12.9. The lowest BCUT2D eigenvalue weighted by atomic mass is 10.1. The fourth-order valence-corrected chi connectivity index (χ4v) is 3.64. The van der Waals surface area contributed by atoms with Gasteiger partial charge in [-0.2, -0.15) is 5.26 Å². The van der Waals surface area contributed by atoms with Crippen molar-refractivity contribution in [1.29, 1.82) is 5.26 Å². The first kappa shape index (κ1) is 17.5. The zero-order chi connectivity index (χ0) is 18.8. The number of nitriles is 1. The second-order valence-corrected chi connectivity index (χ2v) is 7.27. The number of hydrogen-bond acceptors (Lipinski definition) is 3. The minimum Gasteiger partial charge on any atom is -0.311 e. The van der Waals surface area contributed by atoms with Crippen molar-refractivity contribution in [1.82, 2.24) is 9.47 Å². The molecule has 27 heavy (non-hydrogen) atoms. The van der Waals surface area contributed by atoms with E-state index in [1.807, 2.05) is 54.7 Å². The van der Waals surface area contributed by atoms with Gasteiger partial charge in [0.1, 0.15) is 0 Å². The molecule has 3 aromatic rings. The van der Waals surface area contributed by atoms with E-state index in [0.717, 1.165) is 35.3 Å². The SMILES string of the molecule is N#Cc1cccc(CN2Cc3ccn(Cc4ccc(Cl)cc4)c(=O)c3C2)c1. The summed E-state index contributed by atoms with van der Waals surface area (Å²) in [7, 11) is 0. The van der Waals surface area contributed by atoms with E-state index in [0.29, 0.717) is 23.7 Å². The van der Waals surface area contributed by atoms with Crippen LogP contribution in [0.3, 0.4) is 0 Å². The highest BCUT2D eigenvalue weighted by Gasteiger charge is 2.22. The molecule has 0 spiro atoms. The van der Waals surface area contributed by atoms with Gasteiger partial charge in [0.05, 0.1) is 18.2 Å². The number of nitrogens with zero attached hydrogens (tertiary/aromatic N) is 3. The molecule has 0 N–H and O–H groups in total. The zero-order valence-electron chi connectivity index (χ0n) is 14.7. The van der Waals surface area contributed by atoms with Gasteiger partial charge in [0.25, 0.3) is 5.56 Å². The summed E-state index contributed by atoms with van der Waals surface area (Å²) in [6, 6.07) is 19.4. The molecule has 1 aliphatic heterocycles. The van der Waals surface area contributed by atoms with Crippen LogP contribution in [0.25, 0.3) is 0 Å². The Balaban J connectivity index is 1.52. The molecule has 0 bridgehead atoms. The Labute approximate surface area is 162 Å². The Morgan fingerprint density at radius 2 is 1.81 bits per heavy atom. The first-order valence-electron chi connectivity index (χ1n) is 8.79. The van der Waals surface area contributed by atoms with Crippen molar-refractivity contribution < 1.29 is 0 Å². The highest BCUT2D eigenvalue weighted by molar-refractivity contribution is 6.30. The number of rotatable bonds is 4. The summed E-state index contributed by atoms with van der Waals surface area (Å²) < 4.78 is 1.75. The summed E-state index contributed by atoms with van der Waals surface area (Å²) in [6.45, 7) is 2.64. The lowest BCUT2D eigenvalue weighted by Gasteiger charge is -2.14. The van der Waals surface area contributed by atoms with Crippen LogP contribution in [-0.4, -0.2) is 9.47 Å². The molecule has 0 fully saturated rings. The maximum Gasteiger partial charge on any atom is 0.255 e. The average molecular weight is 376 g/mol. The van der Waals surface area contributed by atoms with E-state index in [2.05, 4.69) is 11.0 Å². The van der Waals surface area contributed by atoms with E-state index in [9.17, 15) is 4.79 Å². The van der Waals surface area contributed by atoms with E-state index < -0.39 is 0 Å². The summed E-state index contributed by atoms with van der Waals surface area (Å²) in [5.74, 6) is 0. The van der Waals surface area contributed by atoms with E-state index >= 15 is 0 Å². The minimum atomic E-state index is 0.0655. The van der Waals surface area contributed by atoms with E-state index in [1.54, 1.807) is 10.6 Å². The largest absolute Gasteiger partial charge is 0.311 e. The summed E-state index contributed by atoms with van der Waals surface area (Å²) in [5, 5.41) is 9.74. The van der Waals surface area contributed by atoms with Gasteiger partial charge in [-0.05, 0) is 47.0 Å². The maximum absolute atomic E-state index is 12.9. The lowest BCUT2D eigenvalue weighted by Crippen LogP contribution is -2.24. The smallest absolute Gasteiger partial charge is 0.255 e. The Morgan fingerprint density at radius 1 is 1.00 bits per heavy atom. The van der Waals surface area contributed by atoms with Crippen LogP contribution in [0.1, 0.15) is 27.8 Å². The van der Waals surface area contributed by atoms with Gasteiger partial charge in [0, 0.05) is 36.4 Å². The molecule has 0 amide bonds. The van der Waals surface area contributed by atoms with Gasteiger partial charge >= 0.3 is 0 Å². The number of pyridine rings is 1. The van der Waals surface area contributed by atoms with Gasteiger partial charge in [-0.15, -0.1) is 0 Å². The Morgan fingerprint density at radius 3 is 2.59 bits per heavy atom. The topological polar surface area (TPSA) is 49.0 Å². The predicted octanol–water partition coefficient (Wildman–Crippen LogP) is 3.94. The molecule has 0 aliphatic carbocycles. The Bertz CT molecular complexity index is 1080. The van der Waals surface area contributed by atoms with Gasteiger partial charge in [-0.3, -0.25) is 9.69 Å². The van der Waals surface area contributed by atoms with E-state index in [4.69, 9.17) is 16.9 Å². The second-order valence-electron chi connectivity index (χ2n) is 6.84. The third kappa shape index (κ3) is 3.80. The second kappa shape index (κ2) is 7.40. The van der Waals surface area contributed by atoms with E-state index in [1.165, 1.54) is 0 Å². The summed E-state index contributed by atoms with van der Waals surface area (Å²) in [6.07, 6.45) is 1.87. The standard InChI is InChI=1S/C22H18ClN3O/c23-20-6-4-16(5-7-20)13-26-9-8-19-14-25(15-21(19)22(26)27)12-18-3-1-2-17(10-18)11-24/h1-10H,12-15H2. The predicted molar refractivity (Wildman–Crippen MR) is 105 cm³/mol. The molecule has 0 radical (unpaired) electrons. The molecule has 4 nitrogen and oxygen atoms in total. The van der Waals surface area contributed by atoms with Crippen molar-refractivity contribution in [3.05, 3.63) is 104 Å². The van der Waals surface area contributed by atoms with Crippen LogP contribution in [0.4, 0.5) is 0 Å². The first-order valence-corrected chi connectivity index (χ1v) is 9.17. The van der Waals surface area contributed by atoms with Crippen molar-refractivity contribution >= 4 is 11.6 Å². The molecule has 0 atom stereocenters. The monoisotopic (exact) mass is 375 g/mol. The van der Waals surface area contributed by atoms with Crippen LogP contribution in [-0.2, 0) is 26.2 Å². The van der Waals surface area contributed by atoms with E-state index in [-0.39, 0.29) is 5.56 Å². The van der Waals surface area contributed by atoms with Crippen molar-refractivity contribution in [2.75, 3.05) is 0 Å². The van der Waals surface area contributed by atoms with Crippen LogP contribution in [0.5, 0.6) is 0 Å². The fraction of sp³-hybridized carbons (Fsp3) is 0.182. The molecular weight excluding hydrogens is 358 g/mol. The van der Waals surface area contributed by atoms with Crippen molar-refractivity contribution in [2.45, 2.75) is 26.2 Å². The van der Waals surface area contributed by atoms with Gasteiger partial charge in [-0.1, -0.05) is 35.9 Å². The fourth-order valence-electron chi connectivity index (χ4n) is 3.52. The van der Waals surface area contributed by atoms with Gasteiger partial charge in [0.15, 0.2) is 0 Å². The lowest BCUT2D eigenvalue weighted by molar-refractivity contribution is 0.275. The molecule has 0 unspecified atom stereocenters. The molecule has 134 valence electrons. The average Bonchev–Trinajstić information content (AvgIpc) is 3.09. The summed E-state index contributed by atoms with van der Waals surface area (Å²) in [5.41, 5.74) is 4.81. The summed E-state index contributed by atoms with van der Waals surface area (Å²) >= 11 is 5.93. The number of fused-ring (bicyclic) bond motifs is 1. The van der Waals surface area contributed by atoms with Gasteiger partial charge in [0.2, 0.25) is 0 Å². The highest BCUT2D eigenvalue weighted by atomic mass is 35.5. The number of halogens is 1. The molecule has 1 aromatic heterocycles. The normalized spacial score (nSPS) is 13.3. The molecule has 4 rings (SSSR count). The third-order valence-corrected chi connectivity index (χ3v) is 5.12. The van der Waals surface area contributed by atoms with Gasteiger partial charge in [-0.25, -0.2) is 0 Å². The number of benzene rings is 2. The molecule has 0 saturated heterocycles. The molecule has 1 aliphatic rings. The molecule has 0 saturated carbocycles. The Kier molecular flexibility index (Phi) is 4.81. The molecular formula is C22H18ClN3O. The number of aromatic nitrogens is 1. The molecule has 2 heterocycles. The third-order valence-electron chi connectivity index (χ3n) is 4.87. The van der Waals surface area contributed by atoms with Crippen molar-refractivity contribution in [2.24, 2.45) is 0 Å². The zero-order valence-corrected chi connectivity index (χ0v) is 15.5. The highest BCUT2D eigenvalue weighted by Crippen LogP contribution is 2.22.